The molecule has 1 heterocycles. The minimum absolute atomic E-state index is 0.0947. The second kappa shape index (κ2) is 8.00. The first kappa shape index (κ1) is 17.9. The lowest BCUT2D eigenvalue weighted by molar-refractivity contribution is 0.0597. The number of aromatic hydroxyl groups is 1. The van der Waals surface area contributed by atoms with Gasteiger partial charge in [-0.15, -0.1) is 0 Å². The van der Waals surface area contributed by atoms with Gasteiger partial charge < -0.3 is 14.3 Å². The van der Waals surface area contributed by atoms with Gasteiger partial charge in [0, 0.05) is 5.56 Å². The van der Waals surface area contributed by atoms with Gasteiger partial charge in [0.05, 0.1) is 28.8 Å². The van der Waals surface area contributed by atoms with E-state index in [1.54, 1.807) is 18.5 Å². The van der Waals surface area contributed by atoms with E-state index in [1.165, 1.54) is 19.6 Å². The number of benzene rings is 2. The Morgan fingerprint density at radius 3 is 2.77 bits per heavy atom. The Morgan fingerprint density at radius 2 is 2.12 bits per heavy atom. The van der Waals surface area contributed by atoms with E-state index in [9.17, 15) is 9.90 Å². The van der Waals surface area contributed by atoms with Crippen LogP contribution in [-0.4, -0.2) is 29.4 Å². The van der Waals surface area contributed by atoms with E-state index in [-0.39, 0.29) is 11.3 Å². The summed E-state index contributed by atoms with van der Waals surface area (Å²) in [4.78, 5) is 15.6. The molecule has 1 aromatic heterocycles. The zero-order valence-corrected chi connectivity index (χ0v) is 15.8. The summed E-state index contributed by atoms with van der Waals surface area (Å²) < 4.78 is 10.4. The summed E-state index contributed by atoms with van der Waals surface area (Å²) in [5.41, 5.74) is 5.34. The topological polar surface area (TPSA) is 97.0 Å². The van der Waals surface area contributed by atoms with Crippen molar-refractivity contribution in [1.82, 2.24) is 4.98 Å². The molecule has 8 heteroatoms. The molecule has 7 nitrogen and oxygen atoms in total. The van der Waals surface area contributed by atoms with Crippen LogP contribution >= 0.6 is 22.6 Å². The largest absolute Gasteiger partial charge is 0.506 e. The van der Waals surface area contributed by atoms with Gasteiger partial charge in [-0.3, -0.25) is 5.43 Å². The Labute approximate surface area is 162 Å². The van der Waals surface area contributed by atoms with Gasteiger partial charge in [0.25, 0.3) is 0 Å². The summed E-state index contributed by atoms with van der Waals surface area (Å²) in [6.45, 7) is 0. The van der Waals surface area contributed by atoms with Crippen LogP contribution in [0.5, 0.6) is 5.75 Å². The maximum atomic E-state index is 11.7. The summed E-state index contributed by atoms with van der Waals surface area (Å²) in [5, 5.41) is 14.1. The first-order chi connectivity index (χ1) is 12.6. The van der Waals surface area contributed by atoms with Crippen LogP contribution in [0.25, 0.3) is 11.3 Å². The van der Waals surface area contributed by atoms with Crippen LogP contribution in [0.4, 0.5) is 5.69 Å². The van der Waals surface area contributed by atoms with E-state index in [4.69, 9.17) is 4.42 Å². The Morgan fingerprint density at radius 1 is 1.35 bits per heavy atom. The molecule has 0 aliphatic heterocycles. The zero-order chi connectivity index (χ0) is 18.5. The van der Waals surface area contributed by atoms with E-state index >= 15 is 0 Å². The van der Waals surface area contributed by atoms with E-state index in [2.05, 4.69) is 20.2 Å². The van der Waals surface area contributed by atoms with Crippen molar-refractivity contribution >= 4 is 40.5 Å². The van der Waals surface area contributed by atoms with E-state index in [1.807, 2.05) is 46.9 Å². The van der Waals surface area contributed by atoms with Crippen molar-refractivity contribution in [3.8, 4) is 17.1 Å². The van der Waals surface area contributed by atoms with Crippen LogP contribution in [0.15, 0.2) is 58.5 Å². The first-order valence-electron chi connectivity index (χ1n) is 7.47. The maximum Gasteiger partial charge on any atom is 0.341 e. The number of halogens is 1. The van der Waals surface area contributed by atoms with Gasteiger partial charge in [0.15, 0.2) is 12.2 Å². The van der Waals surface area contributed by atoms with Crippen LogP contribution in [0, 0.1) is 3.57 Å². The highest BCUT2D eigenvalue weighted by Crippen LogP contribution is 2.26. The number of methoxy groups -OCH3 is 1. The number of carbonyl (C=O) groups is 1. The van der Waals surface area contributed by atoms with Crippen LogP contribution in [0.2, 0.25) is 0 Å². The molecule has 3 rings (SSSR count). The van der Waals surface area contributed by atoms with Gasteiger partial charge in [-0.1, -0.05) is 0 Å². The third kappa shape index (κ3) is 4.02. The van der Waals surface area contributed by atoms with Crippen molar-refractivity contribution in [2.24, 2.45) is 5.10 Å². The predicted octanol–water partition coefficient (Wildman–Crippen LogP) is 3.88. The summed E-state index contributed by atoms with van der Waals surface area (Å²) >= 11 is 1.94. The third-order valence-electron chi connectivity index (χ3n) is 3.50. The second-order valence-corrected chi connectivity index (χ2v) is 6.37. The standard InChI is InChI=1S/C18H14IN3O4/c1-25-18(24)14-6-11(7-15(19)17(14)23)8-21-22-13-4-2-12(3-5-13)16-9-20-10-26-16/h2-10,22-23H,1H3/b21-8+. The van der Waals surface area contributed by atoms with Crippen LogP contribution < -0.4 is 5.43 Å². The molecule has 0 bridgehead atoms. The minimum Gasteiger partial charge on any atom is -0.506 e. The van der Waals surface area contributed by atoms with Crippen molar-refractivity contribution in [1.29, 1.82) is 0 Å². The number of ether oxygens (including phenoxy) is 1. The van der Waals surface area contributed by atoms with Crippen molar-refractivity contribution in [3.05, 3.63) is 63.7 Å². The van der Waals surface area contributed by atoms with E-state index < -0.39 is 5.97 Å². The number of anilines is 1. The van der Waals surface area contributed by atoms with Crippen LogP contribution in [0.3, 0.4) is 0 Å². The molecule has 0 fully saturated rings. The van der Waals surface area contributed by atoms with Gasteiger partial charge in [0.2, 0.25) is 0 Å². The molecule has 0 saturated heterocycles. The number of rotatable bonds is 5. The molecule has 0 unspecified atom stereocenters. The fourth-order valence-corrected chi connectivity index (χ4v) is 2.86. The number of carbonyl (C=O) groups excluding carboxylic acids is 1. The fraction of sp³-hybridized carbons (Fsp3) is 0.0556. The molecular formula is C18H14IN3O4. The Kier molecular flexibility index (Phi) is 5.52. The molecular weight excluding hydrogens is 449 g/mol. The lowest BCUT2D eigenvalue weighted by Gasteiger charge is -2.06. The molecule has 2 N–H and O–H groups in total. The number of phenols is 1. The number of nitrogens with one attached hydrogen (secondary N) is 1. The molecule has 0 spiro atoms. The molecule has 3 aromatic rings. The number of hydrogen-bond donors (Lipinski definition) is 2. The number of hydrogen-bond acceptors (Lipinski definition) is 7. The lowest BCUT2D eigenvalue weighted by atomic mass is 10.1. The van der Waals surface area contributed by atoms with E-state index in [0.29, 0.717) is 14.9 Å². The quantitative estimate of drug-likeness (QED) is 0.258. The van der Waals surface area contributed by atoms with Crippen molar-refractivity contribution < 1.29 is 19.1 Å². The highest BCUT2D eigenvalue weighted by molar-refractivity contribution is 14.1. The molecule has 0 amide bonds. The molecule has 0 aliphatic carbocycles. The highest BCUT2D eigenvalue weighted by atomic mass is 127. The molecule has 26 heavy (non-hydrogen) atoms. The number of oxazole rings is 1. The monoisotopic (exact) mass is 463 g/mol. The molecule has 132 valence electrons. The number of esters is 1. The van der Waals surface area contributed by atoms with Crippen molar-refractivity contribution in [3.63, 3.8) is 0 Å². The summed E-state index contributed by atoms with van der Waals surface area (Å²) in [6.07, 6.45) is 4.58. The molecule has 2 aromatic carbocycles. The molecule has 0 radical (unpaired) electrons. The normalized spacial score (nSPS) is 10.8. The molecule has 0 saturated carbocycles. The number of nitrogens with zero attached hydrogens (tertiary/aromatic N) is 2. The predicted molar refractivity (Wildman–Crippen MR) is 105 cm³/mol. The Hall–Kier alpha value is -2.88. The molecule has 0 atom stereocenters. The smallest absolute Gasteiger partial charge is 0.341 e. The summed E-state index contributed by atoms with van der Waals surface area (Å²) in [6, 6.07) is 10.7. The van der Waals surface area contributed by atoms with Crippen molar-refractivity contribution in [2.45, 2.75) is 0 Å². The average molecular weight is 463 g/mol. The second-order valence-electron chi connectivity index (χ2n) is 5.20. The lowest BCUT2D eigenvalue weighted by Crippen LogP contribution is -2.04. The minimum atomic E-state index is -0.605. The summed E-state index contributed by atoms with van der Waals surface area (Å²) in [5.74, 6) is -0.0220. The third-order valence-corrected chi connectivity index (χ3v) is 4.32. The van der Waals surface area contributed by atoms with Crippen LogP contribution in [0.1, 0.15) is 15.9 Å². The highest BCUT2D eigenvalue weighted by Gasteiger charge is 2.15. The maximum absolute atomic E-state index is 11.7. The fourth-order valence-electron chi connectivity index (χ4n) is 2.21. The zero-order valence-electron chi connectivity index (χ0n) is 13.6. The van der Waals surface area contributed by atoms with Crippen molar-refractivity contribution in [2.75, 3.05) is 12.5 Å². The number of phenolic OH excluding ortho intramolecular Hbond substituents is 1. The van der Waals surface area contributed by atoms with Gasteiger partial charge in [-0.2, -0.15) is 5.10 Å². The Bertz CT molecular complexity index is 938. The van der Waals surface area contributed by atoms with Crippen LogP contribution in [-0.2, 0) is 4.74 Å². The van der Waals surface area contributed by atoms with Gasteiger partial charge >= 0.3 is 5.97 Å². The van der Waals surface area contributed by atoms with Gasteiger partial charge in [-0.25, -0.2) is 9.78 Å². The number of hydrazone groups is 1. The molecule has 0 aliphatic rings. The SMILES string of the molecule is COC(=O)c1cc(/C=N/Nc2ccc(-c3cnco3)cc2)cc(I)c1O. The Balaban J connectivity index is 1.72. The average Bonchev–Trinajstić information content (AvgIpc) is 3.19. The summed E-state index contributed by atoms with van der Waals surface area (Å²) in [7, 11) is 1.26. The van der Waals surface area contributed by atoms with Gasteiger partial charge in [0.1, 0.15) is 11.3 Å². The van der Waals surface area contributed by atoms with Gasteiger partial charge in [-0.05, 0) is 64.6 Å². The van der Waals surface area contributed by atoms with E-state index in [0.717, 1.165) is 11.3 Å². The number of aromatic nitrogens is 1. The first-order valence-corrected chi connectivity index (χ1v) is 8.55.